The van der Waals surface area contributed by atoms with Crippen LogP contribution in [0.3, 0.4) is 0 Å². The molecule has 3 rings (SSSR count). The molecule has 1 aliphatic heterocycles. The van der Waals surface area contributed by atoms with Crippen molar-refractivity contribution in [3.63, 3.8) is 0 Å². The van der Waals surface area contributed by atoms with E-state index in [1.807, 2.05) is 31.2 Å². The fraction of sp³-hybridized carbons (Fsp3) is 0.364. The summed E-state index contributed by atoms with van der Waals surface area (Å²) in [5, 5.41) is 6.48. The predicted octanol–water partition coefficient (Wildman–Crippen LogP) is 4.87. The second-order valence-corrected chi connectivity index (χ2v) is 7.70. The van der Waals surface area contributed by atoms with E-state index in [2.05, 4.69) is 10.6 Å². The summed E-state index contributed by atoms with van der Waals surface area (Å²) >= 11 is 5.87. The SMILES string of the molecule is COc1ccc(NC(=O)[C@@H](C)C2CCN(C(=O)Nc3ccc(Cl)cc3)CC2)cc1. The van der Waals surface area contributed by atoms with Crippen molar-refractivity contribution in [3.05, 3.63) is 53.6 Å². The van der Waals surface area contributed by atoms with Crippen LogP contribution < -0.4 is 15.4 Å². The van der Waals surface area contributed by atoms with Gasteiger partial charge in [0.1, 0.15) is 5.75 Å². The summed E-state index contributed by atoms with van der Waals surface area (Å²) in [6, 6.07) is 14.2. The summed E-state index contributed by atoms with van der Waals surface area (Å²) < 4.78 is 5.13. The largest absolute Gasteiger partial charge is 0.497 e. The van der Waals surface area contributed by atoms with Gasteiger partial charge in [0.15, 0.2) is 0 Å². The number of hydrogen-bond donors (Lipinski definition) is 2. The van der Waals surface area contributed by atoms with Gasteiger partial charge in [-0.25, -0.2) is 4.79 Å². The number of carbonyl (C=O) groups excluding carboxylic acids is 2. The van der Waals surface area contributed by atoms with Crippen LogP contribution in [0.15, 0.2) is 48.5 Å². The Bertz CT molecular complexity index is 831. The zero-order valence-corrected chi connectivity index (χ0v) is 17.4. The lowest BCUT2D eigenvalue weighted by Gasteiger charge is -2.34. The third kappa shape index (κ3) is 5.64. The number of urea groups is 1. The lowest BCUT2D eigenvalue weighted by atomic mass is 9.85. The van der Waals surface area contributed by atoms with Gasteiger partial charge in [0, 0.05) is 35.4 Å². The van der Waals surface area contributed by atoms with Crippen molar-refractivity contribution in [3.8, 4) is 5.75 Å². The van der Waals surface area contributed by atoms with Crippen molar-refractivity contribution >= 4 is 34.9 Å². The maximum atomic E-state index is 12.6. The molecule has 1 aliphatic rings. The molecule has 1 atom stereocenters. The Balaban J connectivity index is 1.47. The molecule has 1 fully saturated rings. The molecule has 3 amide bonds. The normalized spacial score (nSPS) is 15.5. The van der Waals surface area contributed by atoms with E-state index in [9.17, 15) is 9.59 Å². The number of piperidine rings is 1. The van der Waals surface area contributed by atoms with Crippen LogP contribution in [-0.2, 0) is 4.79 Å². The molecular formula is C22H26ClN3O3. The van der Waals surface area contributed by atoms with E-state index in [4.69, 9.17) is 16.3 Å². The Morgan fingerprint density at radius 2 is 1.55 bits per heavy atom. The number of rotatable bonds is 5. The van der Waals surface area contributed by atoms with Gasteiger partial charge in [0.25, 0.3) is 0 Å². The first-order valence-corrected chi connectivity index (χ1v) is 10.1. The molecule has 0 aliphatic carbocycles. The topological polar surface area (TPSA) is 70.7 Å². The zero-order chi connectivity index (χ0) is 20.8. The van der Waals surface area contributed by atoms with Crippen molar-refractivity contribution in [1.82, 2.24) is 4.90 Å². The van der Waals surface area contributed by atoms with Gasteiger partial charge in [-0.1, -0.05) is 18.5 Å². The number of hydrogen-bond acceptors (Lipinski definition) is 3. The van der Waals surface area contributed by atoms with Gasteiger partial charge in [0.05, 0.1) is 7.11 Å². The monoisotopic (exact) mass is 415 g/mol. The lowest BCUT2D eigenvalue weighted by Crippen LogP contribution is -2.43. The molecule has 0 radical (unpaired) electrons. The van der Waals surface area contributed by atoms with Gasteiger partial charge in [-0.05, 0) is 67.3 Å². The van der Waals surface area contributed by atoms with E-state index in [1.54, 1.807) is 36.3 Å². The third-order valence-corrected chi connectivity index (χ3v) is 5.65. The molecule has 1 heterocycles. The Morgan fingerprint density at radius 3 is 2.14 bits per heavy atom. The number of methoxy groups -OCH3 is 1. The summed E-state index contributed by atoms with van der Waals surface area (Å²) in [5.74, 6) is 0.867. The quantitative estimate of drug-likeness (QED) is 0.732. The number of halogens is 1. The number of likely N-dealkylation sites (tertiary alicyclic amines) is 1. The fourth-order valence-electron chi connectivity index (χ4n) is 3.48. The van der Waals surface area contributed by atoms with Crippen molar-refractivity contribution in [2.24, 2.45) is 11.8 Å². The molecule has 0 unspecified atom stereocenters. The Labute approximate surface area is 176 Å². The average molecular weight is 416 g/mol. The highest BCUT2D eigenvalue weighted by atomic mass is 35.5. The van der Waals surface area contributed by atoms with Crippen molar-refractivity contribution in [2.45, 2.75) is 19.8 Å². The predicted molar refractivity (Wildman–Crippen MR) is 116 cm³/mol. The van der Waals surface area contributed by atoms with Crippen LogP contribution in [0, 0.1) is 11.8 Å². The minimum absolute atomic E-state index is 0.000711. The summed E-state index contributed by atoms with van der Waals surface area (Å²) in [6.45, 7) is 3.21. The van der Waals surface area contributed by atoms with E-state index in [-0.39, 0.29) is 23.8 Å². The molecule has 154 valence electrons. The van der Waals surface area contributed by atoms with Crippen LogP contribution in [0.25, 0.3) is 0 Å². The zero-order valence-electron chi connectivity index (χ0n) is 16.7. The molecule has 0 bridgehead atoms. The lowest BCUT2D eigenvalue weighted by molar-refractivity contribution is -0.121. The van der Waals surface area contributed by atoms with E-state index in [0.717, 1.165) is 24.3 Å². The Morgan fingerprint density at radius 1 is 1.00 bits per heavy atom. The minimum Gasteiger partial charge on any atom is -0.497 e. The number of benzene rings is 2. The number of amides is 3. The summed E-state index contributed by atoms with van der Waals surface area (Å²) in [5.41, 5.74) is 1.47. The molecule has 6 nitrogen and oxygen atoms in total. The highest BCUT2D eigenvalue weighted by Gasteiger charge is 2.30. The summed E-state index contributed by atoms with van der Waals surface area (Å²) in [7, 11) is 1.61. The smallest absolute Gasteiger partial charge is 0.321 e. The number of anilines is 2. The van der Waals surface area contributed by atoms with Crippen LogP contribution in [-0.4, -0.2) is 37.0 Å². The van der Waals surface area contributed by atoms with E-state index < -0.39 is 0 Å². The second-order valence-electron chi connectivity index (χ2n) is 7.27. The van der Waals surface area contributed by atoms with E-state index in [1.165, 1.54) is 0 Å². The maximum absolute atomic E-state index is 12.6. The van der Waals surface area contributed by atoms with Crippen LogP contribution in [0.4, 0.5) is 16.2 Å². The molecule has 0 saturated carbocycles. The molecular weight excluding hydrogens is 390 g/mol. The number of carbonyl (C=O) groups is 2. The van der Waals surface area contributed by atoms with Gasteiger partial charge < -0.3 is 20.3 Å². The third-order valence-electron chi connectivity index (χ3n) is 5.40. The Kier molecular flexibility index (Phi) is 6.99. The Hall–Kier alpha value is -2.73. The highest BCUT2D eigenvalue weighted by Crippen LogP contribution is 2.27. The van der Waals surface area contributed by atoms with E-state index in [0.29, 0.717) is 23.8 Å². The van der Waals surface area contributed by atoms with Crippen molar-refractivity contribution in [1.29, 1.82) is 0 Å². The minimum atomic E-state index is -0.126. The molecule has 2 aromatic rings. The molecule has 29 heavy (non-hydrogen) atoms. The van der Waals surface area contributed by atoms with Gasteiger partial charge >= 0.3 is 6.03 Å². The summed E-state index contributed by atoms with van der Waals surface area (Å²) in [4.78, 5) is 26.8. The molecule has 0 spiro atoms. The maximum Gasteiger partial charge on any atom is 0.321 e. The van der Waals surface area contributed by atoms with Gasteiger partial charge in [-0.3, -0.25) is 4.79 Å². The van der Waals surface area contributed by atoms with Crippen LogP contribution in [0.1, 0.15) is 19.8 Å². The highest BCUT2D eigenvalue weighted by molar-refractivity contribution is 6.30. The van der Waals surface area contributed by atoms with E-state index >= 15 is 0 Å². The van der Waals surface area contributed by atoms with Gasteiger partial charge in [-0.2, -0.15) is 0 Å². The molecule has 2 aromatic carbocycles. The number of nitrogens with one attached hydrogen (secondary N) is 2. The fourth-order valence-corrected chi connectivity index (χ4v) is 3.61. The first-order chi connectivity index (χ1) is 14.0. The van der Waals surface area contributed by atoms with Crippen molar-refractivity contribution < 1.29 is 14.3 Å². The number of nitrogens with zero attached hydrogens (tertiary/aromatic N) is 1. The average Bonchev–Trinajstić information content (AvgIpc) is 2.75. The first kappa shape index (κ1) is 21.0. The van der Waals surface area contributed by atoms with Crippen LogP contribution in [0.5, 0.6) is 5.75 Å². The van der Waals surface area contributed by atoms with Gasteiger partial charge in [0.2, 0.25) is 5.91 Å². The first-order valence-electron chi connectivity index (χ1n) is 9.72. The van der Waals surface area contributed by atoms with Gasteiger partial charge in [-0.15, -0.1) is 0 Å². The van der Waals surface area contributed by atoms with Crippen LogP contribution >= 0.6 is 11.6 Å². The van der Waals surface area contributed by atoms with Crippen molar-refractivity contribution in [2.75, 3.05) is 30.8 Å². The standard InChI is InChI=1S/C22H26ClN3O3/c1-15(21(27)24-18-7-9-20(29-2)10-8-18)16-11-13-26(14-12-16)22(28)25-19-5-3-17(23)4-6-19/h3-10,15-16H,11-14H2,1-2H3,(H,24,27)(H,25,28)/t15-/m0/s1. The van der Waals surface area contributed by atoms with Crippen LogP contribution in [0.2, 0.25) is 5.02 Å². The summed E-state index contributed by atoms with van der Waals surface area (Å²) in [6.07, 6.45) is 1.59. The molecule has 0 aromatic heterocycles. The number of ether oxygens (including phenoxy) is 1. The molecule has 7 heteroatoms. The molecule has 1 saturated heterocycles. The second kappa shape index (κ2) is 9.65. The molecule has 2 N–H and O–H groups in total.